The summed E-state index contributed by atoms with van der Waals surface area (Å²) in [5, 5.41) is 15.3. The van der Waals surface area contributed by atoms with E-state index >= 15 is 0 Å². The van der Waals surface area contributed by atoms with E-state index in [1.54, 1.807) is 29.6 Å². The number of hydrogen-bond donors (Lipinski definition) is 3. The number of hydrogen-bond acceptors (Lipinski definition) is 8. The number of anilines is 1. The number of amides is 1. The van der Waals surface area contributed by atoms with Crippen LogP contribution in [-0.4, -0.2) is 49.4 Å². The number of para-hydroxylation sites is 1. The Bertz CT molecular complexity index is 1580. The number of halogens is 2. The molecule has 13 heteroatoms. The molecule has 0 radical (unpaired) electrons. The number of aromatic nitrogens is 1. The molecular formula is C24H23F2N3O6S2. The summed E-state index contributed by atoms with van der Waals surface area (Å²) in [7, 11) is -3.84. The summed E-state index contributed by atoms with van der Waals surface area (Å²) in [4.78, 5) is 17.4. The number of furan rings is 1. The van der Waals surface area contributed by atoms with E-state index in [4.69, 9.17) is 4.42 Å². The van der Waals surface area contributed by atoms with E-state index in [2.05, 4.69) is 19.8 Å². The number of carbonyl (C=O) groups excluding carboxylic acids is 1. The van der Waals surface area contributed by atoms with Gasteiger partial charge in [0.15, 0.2) is 11.3 Å². The molecule has 0 spiro atoms. The van der Waals surface area contributed by atoms with Gasteiger partial charge in [0, 0.05) is 33.8 Å². The second-order valence-electron chi connectivity index (χ2n) is 8.87. The Hall–Kier alpha value is -3.29. The first-order valence-corrected chi connectivity index (χ1v) is 14.2. The number of thiazole rings is 1. The highest BCUT2D eigenvalue weighted by Crippen LogP contribution is 2.47. The summed E-state index contributed by atoms with van der Waals surface area (Å²) in [6.45, 7) is -3.18. The fourth-order valence-corrected chi connectivity index (χ4v) is 5.95. The minimum absolute atomic E-state index is 0.00230. The number of ether oxygens (including phenoxy) is 1. The van der Waals surface area contributed by atoms with E-state index in [0.717, 1.165) is 23.7 Å². The standard InChI is InChI=1S/C24H23F2N3O6S2/c1-37(32,33)29-15-10-18(35-24(25)26)21-19(14-4-2-3-5-17(14)34-21)20(15)23-28-16(11-36-23)22(31)27-12-6-8-13(30)9-7-12/h2-5,10-13,24,29-30H,6-9H2,1H3,(H,27,31). The molecule has 5 rings (SSSR count). The molecule has 1 fully saturated rings. The van der Waals surface area contributed by atoms with Crippen LogP contribution < -0.4 is 14.8 Å². The Morgan fingerprint density at radius 2 is 1.97 bits per heavy atom. The van der Waals surface area contributed by atoms with Crippen LogP contribution in [-0.2, 0) is 10.0 Å². The van der Waals surface area contributed by atoms with Crippen LogP contribution in [0.5, 0.6) is 5.75 Å². The molecule has 2 aromatic carbocycles. The number of sulfonamides is 1. The average molecular weight is 552 g/mol. The van der Waals surface area contributed by atoms with Crippen molar-refractivity contribution in [2.45, 2.75) is 44.4 Å². The van der Waals surface area contributed by atoms with Gasteiger partial charge in [-0.3, -0.25) is 9.52 Å². The van der Waals surface area contributed by atoms with Crippen LogP contribution in [0.3, 0.4) is 0 Å². The summed E-state index contributed by atoms with van der Waals surface area (Å²) < 4.78 is 63.7. The summed E-state index contributed by atoms with van der Waals surface area (Å²) in [6.07, 6.45) is 3.09. The molecule has 0 saturated heterocycles. The van der Waals surface area contributed by atoms with Crippen LogP contribution >= 0.6 is 11.3 Å². The van der Waals surface area contributed by atoms with Gasteiger partial charge in [0.25, 0.3) is 5.91 Å². The van der Waals surface area contributed by atoms with E-state index in [-0.39, 0.29) is 45.4 Å². The van der Waals surface area contributed by atoms with Crippen molar-refractivity contribution < 1.29 is 36.3 Å². The van der Waals surface area contributed by atoms with Crippen LogP contribution in [0.15, 0.2) is 40.1 Å². The maximum Gasteiger partial charge on any atom is 0.387 e. The fraction of sp³-hybridized carbons (Fsp3) is 0.333. The van der Waals surface area contributed by atoms with Crippen LogP contribution in [0.1, 0.15) is 36.2 Å². The van der Waals surface area contributed by atoms with Crippen LogP contribution in [0.25, 0.3) is 32.5 Å². The molecular weight excluding hydrogens is 528 g/mol. The number of carbonyl (C=O) groups is 1. The Morgan fingerprint density at radius 1 is 1.24 bits per heavy atom. The van der Waals surface area contributed by atoms with Crippen molar-refractivity contribution in [2.24, 2.45) is 0 Å². The zero-order chi connectivity index (χ0) is 26.3. The molecule has 0 aliphatic heterocycles. The Balaban J connectivity index is 1.64. The second kappa shape index (κ2) is 9.88. The number of aliphatic hydroxyl groups excluding tert-OH is 1. The zero-order valence-corrected chi connectivity index (χ0v) is 21.2. The van der Waals surface area contributed by atoms with E-state index < -0.39 is 22.5 Å². The maximum atomic E-state index is 13.2. The summed E-state index contributed by atoms with van der Waals surface area (Å²) >= 11 is 1.10. The third-order valence-corrected chi connectivity index (χ3v) is 7.56. The largest absolute Gasteiger partial charge is 0.452 e. The van der Waals surface area contributed by atoms with Crippen LogP contribution in [0.4, 0.5) is 14.5 Å². The number of benzene rings is 2. The Labute approximate surface area is 214 Å². The van der Waals surface area contributed by atoms with Crippen LogP contribution in [0.2, 0.25) is 0 Å². The maximum absolute atomic E-state index is 13.2. The summed E-state index contributed by atoms with van der Waals surface area (Å²) in [5.74, 6) is -0.738. The van der Waals surface area contributed by atoms with E-state index in [0.29, 0.717) is 42.0 Å². The van der Waals surface area contributed by atoms with Gasteiger partial charge in [-0.05, 0) is 31.7 Å². The number of alkyl halides is 2. The molecule has 37 heavy (non-hydrogen) atoms. The molecule has 2 aromatic heterocycles. The van der Waals surface area contributed by atoms with E-state index in [9.17, 15) is 27.1 Å². The SMILES string of the molecule is CS(=O)(=O)Nc1cc(OC(F)F)c2oc3ccccc3c2c1-c1nc(C(=O)NC2CCC(O)CC2)cs1. The average Bonchev–Trinajstić information content (AvgIpc) is 3.45. The summed E-state index contributed by atoms with van der Waals surface area (Å²) in [6, 6.07) is 7.84. The first-order chi connectivity index (χ1) is 17.6. The lowest BCUT2D eigenvalue weighted by Crippen LogP contribution is -2.38. The molecule has 196 valence electrons. The van der Waals surface area contributed by atoms with E-state index in [1.807, 2.05) is 0 Å². The van der Waals surface area contributed by atoms with Crippen molar-refractivity contribution in [3.8, 4) is 16.3 Å². The molecule has 4 aromatic rings. The Morgan fingerprint density at radius 3 is 2.68 bits per heavy atom. The van der Waals surface area contributed by atoms with E-state index in [1.165, 1.54) is 0 Å². The predicted molar refractivity (Wildman–Crippen MR) is 136 cm³/mol. The van der Waals surface area contributed by atoms with Gasteiger partial charge in [0.2, 0.25) is 10.0 Å². The van der Waals surface area contributed by atoms with Gasteiger partial charge in [-0.15, -0.1) is 11.3 Å². The van der Waals surface area contributed by atoms with Gasteiger partial charge >= 0.3 is 6.61 Å². The normalized spacial score (nSPS) is 18.4. The molecule has 1 aliphatic rings. The van der Waals surface area contributed by atoms with Crippen molar-refractivity contribution in [1.82, 2.24) is 10.3 Å². The third-order valence-electron chi connectivity index (χ3n) is 6.11. The van der Waals surface area contributed by atoms with Gasteiger partial charge in [0.1, 0.15) is 16.3 Å². The number of nitrogens with zero attached hydrogens (tertiary/aromatic N) is 1. The number of rotatable bonds is 7. The van der Waals surface area contributed by atoms with Gasteiger partial charge in [0.05, 0.1) is 18.0 Å². The molecule has 9 nitrogen and oxygen atoms in total. The molecule has 0 bridgehead atoms. The molecule has 1 amide bonds. The Kier molecular flexibility index (Phi) is 6.77. The highest BCUT2D eigenvalue weighted by molar-refractivity contribution is 7.92. The molecule has 1 saturated carbocycles. The molecule has 1 aliphatic carbocycles. The molecule has 3 N–H and O–H groups in total. The fourth-order valence-electron chi connectivity index (χ4n) is 4.53. The van der Waals surface area contributed by atoms with Crippen molar-refractivity contribution in [2.75, 3.05) is 11.0 Å². The first kappa shape index (κ1) is 25.4. The quantitative estimate of drug-likeness (QED) is 0.303. The lowest BCUT2D eigenvalue weighted by Gasteiger charge is -2.25. The monoisotopic (exact) mass is 551 g/mol. The molecule has 0 unspecified atom stereocenters. The highest BCUT2D eigenvalue weighted by Gasteiger charge is 2.27. The van der Waals surface area contributed by atoms with Gasteiger partial charge < -0.3 is 19.6 Å². The minimum atomic E-state index is -3.84. The second-order valence-corrected chi connectivity index (χ2v) is 11.5. The third kappa shape index (κ3) is 5.38. The van der Waals surface area contributed by atoms with Crippen LogP contribution in [0, 0.1) is 0 Å². The van der Waals surface area contributed by atoms with Crippen molar-refractivity contribution in [3.63, 3.8) is 0 Å². The number of fused-ring (bicyclic) bond motifs is 3. The topological polar surface area (TPSA) is 131 Å². The summed E-state index contributed by atoms with van der Waals surface area (Å²) in [5.41, 5.74) is 0.739. The van der Waals surface area contributed by atoms with Crippen molar-refractivity contribution in [3.05, 3.63) is 41.4 Å². The highest BCUT2D eigenvalue weighted by atomic mass is 32.2. The lowest BCUT2D eigenvalue weighted by molar-refractivity contribution is -0.0493. The molecule has 2 heterocycles. The first-order valence-electron chi connectivity index (χ1n) is 11.4. The van der Waals surface area contributed by atoms with Crippen molar-refractivity contribution >= 4 is 54.9 Å². The number of aliphatic hydroxyl groups is 1. The number of nitrogens with one attached hydrogen (secondary N) is 2. The predicted octanol–water partition coefficient (Wildman–Crippen LogP) is 4.72. The lowest BCUT2D eigenvalue weighted by atomic mass is 9.93. The molecule has 0 atom stereocenters. The van der Waals surface area contributed by atoms with Crippen molar-refractivity contribution in [1.29, 1.82) is 0 Å². The zero-order valence-electron chi connectivity index (χ0n) is 19.5. The van der Waals surface area contributed by atoms with Gasteiger partial charge in [-0.25, -0.2) is 13.4 Å². The van der Waals surface area contributed by atoms with Gasteiger partial charge in [-0.1, -0.05) is 18.2 Å². The minimum Gasteiger partial charge on any atom is -0.452 e. The smallest absolute Gasteiger partial charge is 0.387 e. The van der Waals surface area contributed by atoms with Gasteiger partial charge in [-0.2, -0.15) is 8.78 Å².